The lowest BCUT2D eigenvalue weighted by molar-refractivity contribution is -0.132. The quantitative estimate of drug-likeness (QED) is 0.238. The summed E-state index contributed by atoms with van der Waals surface area (Å²) in [6, 6.07) is 12.4. The Morgan fingerprint density at radius 1 is 1.03 bits per heavy atom. The lowest BCUT2D eigenvalue weighted by atomic mass is 9.95. The van der Waals surface area contributed by atoms with Gasteiger partial charge in [0.1, 0.15) is 10.6 Å². The number of hydrogen-bond donors (Lipinski definition) is 1. The fourth-order valence-electron chi connectivity index (χ4n) is 3.89. The molecule has 9 nitrogen and oxygen atoms in total. The van der Waals surface area contributed by atoms with E-state index in [-0.39, 0.29) is 21.3 Å². The Bertz CT molecular complexity index is 1350. The first-order valence-electron chi connectivity index (χ1n) is 10.5. The number of carbonyl (C=O) groups is 3. The molecule has 2 heterocycles. The van der Waals surface area contributed by atoms with Crippen molar-refractivity contribution in [3.8, 4) is 11.5 Å². The van der Waals surface area contributed by atoms with Crippen molar-refractivity contribution in [2.24, 2.45) is 0 Å². The highest BCUT2D eigenvalue weighted by molar-refractivity contribution is 7.17. The number of Topliss-reactive ketones (excluding diaryl/α,β-unsaturated/α-hetero) is 1. The molecule has 180 valence electrons. The molecule has 0 spiro atoms. The van der Waals surface area contributed by atoms with Crippen molar-refractivity contribution in [1.82, 2.24) is 4.98 Å². The number of esters is 1. The molecular weight excluding hydrogens is 472 g/mol. The van der Waals surface area contributed by atoms with E-state index in [9.17, 15) is 19.5 Å². The summed E-state index contributed by atoms with van der Waals surface area (Å²) < 4.78 is 15.5. The van der Waals surface area contributed by atoms with Gasteiger partial charge >= 0.3 is 11.9 Å². The number of rotatable bonds is 6. The standard InChI is InChI=1S/C25H22N2O7S/c1-13-22(24(31)34-4)35-25(26-13)27-19(15-10-11-16(32-2)17(12-15)33-3)18(21(29)23(27)30)20(28)14-8-6-5-7-9-14/h5-12,19,28H,1-4H3/b20-18+. The van der Waals surface area contributed by atoms with Crippen LogP contribution in [0.15, 0.2) is 54.1 Å². The summed E-state index contributed by atoms with van der Waals surface area (Å²) in [4.78, 5) is 44.5. The van der Waals surface area contributed by atoms with Crippen LogP contribution in [0, 0.1) is 6.92 Å². The number of ether oxygens (including phenoxy) is 3. The zero-order valence-electron chi connectivity index (χ0n) is 19.4. The third kappa shape index (κ3) is 4.12. The largest absolute Gasteiger partial charge is 0.507 e. The number of anilines is 1. The fourth-order valence-corrected chi connectivity index (χ4v) is 4.90. The molecule has 0 aliphatic carbocycles. The van der Waals surface area contributed by atoms with Gasteiger partial charge in [0.25, 0.3) is 5.78 Å². The maximum Gasteiger partial charge on any atom is 0.350 e. The molecule has 4 rings (SSSR count). The fraction of sp³-hybridized carbons (Fsp3) is 0.200. The maximum atomic E-state index is 13.3. The van der Waals surface area contributed by atoms with Gasteiger partial charge in [0.05, 0.1) is 38.6 Å². The summed E-state index contributed by atoms with van der Waals surface area (Å²) in [6.07, 6.45) is 0. The number of aliphatic hydroxyl groups excluding tert-OH is 1. The number of nitrogens with zero attached hydrogens (tertiary/aromatic N) is 2. The molecule has 10 heteroatoms. The van der Waals surface area contributed by atoms with E-state index >= 15 is 0 Å². The van der Waals surface area contributed by atoms with E-state index in [2.05, 4.69) is 4.98 Å². The first kappa shape index (κ1) is 24.0. The molecule has 1 atom stereocenters. The Balaban J connectivity index is 1.96. The molecule has 0 saturated carbocycles. The van der Waals surface area contributed by atoms with Crippen molar-refractivity contribution in [2.75, 3.05) is 26.2 Å². The average molecular weight is 495 g/mol. The number of hydrogen-bond acceptors (Lipinski definition) is 9. The summed E-state index contributed by atoms with van der Waals surface area (Å²) in [5, 5.41) is 11.3. The van der Waals surface area contributed by atoms with Crippen LogP contribution in [0.1, 0.15) is 32.5 Å². The van der Waals surface area contributed by atoms with Gasteiger partial charge in [-0.3, -0.25) is 14.5 Å². The van der Waals surface area contributed by atoms with E-state index in [0.717, 1.165) is 11.3 Å². The first-order valence-corrected chi connectivity index (χ1v) is 11.3. The molecule has 1 aliphatic rings. The highest BCUT2D eigenvalue weighted by Gasteiger charge is 2.48. The Hall–Kier alpha value is -4.18. The van der Waals surface area contributed by atoms with Crippen LogP contribution in [0.3, 0.4) is 0 Å². The highest BCUT2D eigenvalue weighted by Crippen LogP contribution is 2.45. The number of aromatic nitrogens is 1. The number of ketones is 1. The molecule has 3 aromatic rings. The van der Waals surface area contributed by atoms with Gasteiger partial charge < -0.3 is 19.3 Å². The number of amides is 1. The molecule has 1 fully saturated rings. The van der Waals surface area contributed by atoms with Crippen LogP contribution in [0.4, 0.5) is 5.13 Å². The van der Waals surface area contributed by atoms with Gasteiger partial charge in [0, 0.05) is 5.56 Å². The lowest BCUT2D eigenvalue weighted by Crippen LogP contribution is -2.29. The summed E-state index contributed by atoms with van der Waals surface area (Å²) in [7, 11) is 4.21. The number of aryl methyl sites for hydroxylation is 1. The van der Waals surface area contributed by atoms with Crippen LogP contribution >= 0.6 is 11.3 Å². The molecule has 1 unspecified atom stereocenters. The van der Waals surface area contributed by atoms with Crippen LogP contribution in [-0.4, -0.2) is 49.1 Å². The summed E-state index contributed by atoms with van der Waals surface area (Å²) in [6.45, 7) is 1.61. The average Bonchev–Trinajstić information content (AvgIpc) is 3.39. The summed E-state index contributed by atoms with van der Waals surface area (Å²) in [5.74, 6) is -1.86. The number of benzene rings is 2. The minimum absolute atomic E-state index is 0.110. The van der Waals surface area contributed by atoms with Crippen LogP contribution < -0.4 is 14.4 Å². The van der Waals surface area contributed by atoms with Crippen molar-refractivity contribution in [3.05, 3.63) is 75.8 Å². The molecule has 1 amide bonds. The van der Waals surface area contributed by atoms with Gasteiger partial charge in [0.2, 0.25) is 0 Å². The molecule has 2 aromatic carbocycles. The molecule has 1 N–H and O–H groups in total. The van der Waals surface area contributed by atoms with E-state index in [1.165, 1.54) is 26.2 Å². The monoisotopic (exact) mass is 494 g/mol. The Labute approximate surface area is 205 Å². The van der Waals surface area contributed by atoms with Crippen molar-refractivity contribution >= 4 is 39.9 Å². The van der Waals surface area contributed by atoms with Gasteiger partial charge in [-0.25, -0.2) is 9.78 Å². The third-order valence-electron chi connectivity index (χ3n) is 5.58. The van der Waals surface area contributed by atoms with Crippen LogP contribution in [-0.2, 0) is 14.3 Å². The number of thiazole rings is 1. The molecule has 0 bridgehead atoms. The second kappa shape index (κ2) is 9.59. The minimum Gasteiger partial charge on any atom is -0.507 e. The Kier molecular flexibility index (Phi) is 6.57. The molecular formula is C25H22N2O7S. The summed E-state index contributed by atoms with van der Waals surface area (Å²) in [5.41, 5.74) is 1.10. The van der Waals surface area contributed by atoms with E-state index in [1.807, 2.05) is 0 Å². The SMILES string of the molecule is COC(=O)c1sc(N2C(=O)C(=O)/C(=C(/O)c3ccccc3)C2c2ccc(OC)c(OC)c2)nc1C. The van der Waals surface area contributed by atoms with Crippen LogP contribution in [0.25, 0.3) is 5.76 Å². The van der Waals surface area contributed by atoms with Gasteiger partial charge in [-0.1, -0.05) is 47.7 Å². The predicted molar refractivity (Wildman–Crippen MR) is 129 cm³/mol. The van der Waals surface area contributed by atoms with E-state index in [0.29, 0.717) is 28.3 Å². The van der Waals surface area contributed by atoms with Crippen molar-refractivity contribution in [1.29, 1.82) is 0 Å². The first-order chi connectivity index (χ1) is 16.8. The Morgan fingerprint density at radius 3 is 2.34 bits per heavy atom. The lowest BCUT2D eigenvalue weighted by Gasteiger charge is -2.23. The highest BCUT2D eigenvalue weighted by atomic mass is 32.1. The second-order valence-electron chi connectivity index (χ2n) is 7.55. The van der Waals surface area contributed by atoms with Gasteiger partial charge in [-0.05, 0) is 24.6 Å². The van der Waals surface area contributed by atoms with Crippen molar-refractivity contribution < 1.29 is 33.7 Å². The van der Waals surface area contributed by atoms with Gasteiger partial charge in [-0.2, -0.15) is 0 Å². The molecule has 1 aliphatic heterocycles. The van der Waals surface area contributed by atoms with E-state index in [4.69, 9.17) is 14.2 Å². The van der Waals surface area contributed by atoms with Gasteiger partial charge in [0.15, 0.2) is 16.6 Å². The molecule has 1 aromatic heterocycles. The smallest absolute Gasteiger partial charge is 0.350 e. The predicted octanol–water partition coefficient (Wildman–Crippen LogP) is 3.88. The van der Waals surface area contributed by atoms with E-state index < -0.39 is 23.7 Å². The van der Waals surface area contributed by atoms with Crippen molar-refractivity contribution in [2.45, 2.75) is 13.0 Å². The van der Waals surface area contributed by atoms with Gasteiger partial charge in [-0.15, -0.1) is 0 Å². The topological polar surface area (TPSA) is 115 Å². The molecule has 1 saturated heterocycles. The number of methoxy groups -OCH3 is 3. The second-order valence-corrected chi connectivity index (χ2v) is 8.53. The number of carbonyl (C=O) groups excluding carboxylic acids is 3. The third-order valence-corrected chi connectivity index (χ3v) is 6.71. The summed E-state index contributed by atoms with van der Waals surface area (Å²) >= 11 is 0.928. The molecule has 35 heavy (non-hydrogen) atoms. The molecule has 0 radical (unpaired) electrons. The minimum atomic E-state index is -1.04. The van der Waals surface area contributed by atoms with Crippen LogP contribution in [0.5, 0.6) is 11.5 Å². The maximum absolute atomic E-state index is 13.3. The normalized spacial score (nSPS) is 16.9. The van der Waals surface area contributed by atoms with E-state index in [1.54, 1.807) is 55.5 Å². The number of aliphatic hydroxyl groups is 1. The zero-order valence-corrected chi connectivity index (χ0v) is 20.2. The van der Waals surface area contributed by atoms with Crippen LogP contribution in [0.2, 0.25) is 0 Å². The Morgan fingerprint density at radius 2 is 1.71 bits per heavy atom. The van der Waals surface area contributed by atoms with Crippen molar-refractivity contribution in [3.63, 3.8) is 0 Å². The zero-order chi connectivity index (χ0) is 25.3.